The monoisotopic (exact) mass is 282 g/mol. The normalized spacial score (nSPS) is 14.4. The Balaban J connectivity index is 2.54. The molecule has 0 fully saturated rings. The molecule has 2 aromatic carbocycles. The van der Waals surface area contributed by atoms with E-state index in [1.807, 2.05) is 0 Å². The Labute approximate surface area is 130 Å². The zero-order valence-corrected chi connectivity index (χ0v) is 14.5. The molecule has 21 heavy (non-hydrogen) atoms. The molecule has 0 radical (unpaired) electrons. The van der Waals surface area contributed by atoms with Crippen LogP contribution in [-0.4, -0.2) is 0 Å². The summed E-state index contributed by atoms with van der Waals surface area (Å²) in [5, 5.41) is 2.78. The van der Waals surface area contributed by atoms with E-state index >= 15 is 0 Å². The molecular weight excluding hydrogens is 252 g/mol. The van der Waals surface area contributed by atoms with Gasteiger partial charge in [0.25, 0.3) is 0 Å². The lowest BCUT2D eigenvalue weighted by Gasteiger charge is -2.38. The van der Waals surface area contributed by atoms with Gasteiger partial charge in [-0.15, -0.1) is 0 Å². The van der Waals surface area contributed by atoms with Gasteiger partial charge in [-0.25, -0.2) is 0 Å². The lowest BCUT2D eigenvalue weighted by atomic mass is 9.67. The Morgan fingerprint density at radius 2 is 1.48 bits per heavy atom. The van der Waals surface area contributed by atoms with Crippen molar-refractivity contribution >= 4 is 10.8 Å². The number of hydrogen-bond donors (Lipinski definition) is 0. The molecule has 0 nitrogen and oxygen atoms in total. The van der Waals surface area contributed by atoms with Crippen molar-refractivity contribution in [3.8, 4) is 0 Å². The van der Waals surface area contributed by atoms with Gasteiger partial charge in [0.2, 0.25) is 0 Å². The Morgan fingerprint density at radius 1 is 0.857 bits per heavy atom. The van der Waals surface area contributed by atoms with E-state index in [2.05, 4.69) is 84.0 Å². The lowest BCUT2D eigenvalue weighted by Crippen LogP contribution is -2.25. The maximum atomic E-state index is 2.40. The maximum absolute atomic E-state index is 2.40. The second kappa shape index (κ2) is 5.83. The quantitative estimate of drug-likeness (QED) is 0.578. The minimum Gasteiger partial charge on any atom is -0.0649 e. The van der Waals surface area contributed by atoms with Gasteiger partial charge < -0.3 is 0 Å². The van der Waals surface area contributed by atoms with Gasteiger partial charge in [0.1, 0.15) is 0 Å². The summed E-state index contributed by atoms with van der Waals surface area (Å²) in [5.74, 6) is 0.582. The number of benzene rings is 2. The van der Waals surface area contributed by atoms with Crippen molar-refractivity contribution in [3.63, 3.8) is 0 Å². The first kappa shape index (κ1) is 16.1. The van der Waals surface area contributed by atoms with Gasteiger partial charge in [0.15, 0.2) is 0 Å². The topological polar surface area (TPSA) is 0 Å². The summed E-state index contributed by atoms with van der Waals surface area (Å²) in [4.78, 5) is 0. The van der Waals surface area contributed by atoms with E-state index in [4.69, 9.17) is 0 Å². The number of hydrogen-bond acceptors (Lipinski definition) is 0. The summed E-state index contributed by atoms with van der Waals surface area (Å²) in [7, 11) is 0. The van der Waals surface area contributed by atoms with Crippen LogP contribution in [0, 0.1) is 10.8 Å². The van der Waals surface area contributed by atoms with Gasteiger partial charge in [-0.1, -0.05) is 90.4 Å². The van der Waals surface area contributed by atoms with Crippen molar-refractivity contribution in [3.05, 3.63) is 48.0 Å². The molecular formula is C21H30. The SMILES string of the molecule is CCC(C)(C)CC(c1cccc2ccccc12)C(C)(C)C. The summed E-state index contributed by atoms with van der Waals surface area (Å²) in [6.07, 6.45) is 2.46. The molecule has 0 heteroatoms. The molecule has 0 heterocycles. The molecule has 0 aromatic heterocycles. The molecule has 0 N–H and O–H groups in total. The van der Waals surface area contributed by atoms with E-state index in [1.165, 1.54) is 29.2 Å². The van der Waals surface area contributed by atoms with Gasteiger partial charge in [-0.2, -0.15) is 0 Å². The molecule has 0 saturated carbocycles. The largest absolute Gasteiger partial charge is 0.0649 e. The lowest BCUT2D eigenvalue weighted by molar-refractivity contribution is 0.210. The molecule has 2 aromatic rings. The minimum atomic E-state index is 0.274. The highest BCUT2D eigenvalue weighted by Crippen LogP contribution is 2.46. The molecule has 0 saturated heterocycles. The zero-order valence-electron chi connectivity index (χ0n) is 14.5. The van der Waals surface area contributed by atoms with Crippen LogP contribution in [0.4, 0.5) is 0 Å². The molecule has 0 aliphatic carbocycles. The second-order valence-electron chi connectivity index (χ2n) is 8.21. The third-order valence-corrected chi connectivity index (χ3v) is 4.96. The third kappa shape index (κ3) is 3.67. The Hall–Kier alpha value is -1.30. The fourth-order valence-corrected chi connectivity index (χ4v) is 3.13. The Bertz CT molecular complexity index is 593. The smallest absolute Gasteiger partial charge is 0.0102 e. The number of fused-ring (bicyclic) bond motifs is 1. The van der Waals surface area contributed by atoms with Crippen LogP contribution in [0.2, 0.25) is 0 Å². The van der Waals surface area contributed by atoms with E-state index in [1.54, 1.807) is 0 Å². The van der Waals surface area contributed by atoms with Crippen molar-refractivity contribution in [2.45, 2.75) is 60.3 Å². The number of rotatable bonds is 4. The van der Waals surface area contributed by atoms with Gasteiger partial charge in [-0.3, -0.25) is 0 Å². The van der Waals surface area contributed by atoms with Crippen LogP contribution in [0.5, 0.6) is 0 Å². The average molecular weight is 282 g/mol. The van der Waals surface area contributed by atoms with Crippen molar-refractivity contribution < 1.29 is 0 Å². The van der Waals surface area contributed by atoms with E-state index in [0.29, 0.717) is 11.3 Å². The predicted molar refractivity (Wildman–Crippen MR) is 94.8 cm³/mol. The van der Waals surface area contributed by atoms with E-state index in [9.17, 15) is 0 Å². The van der Waals surface area contributed by atoms with Crippen LogP contribution in [0.15, 0.2) is 42.5 Å². The highest BCUT2D eigenvalue weighted by molar-refractivity contribution is 5.86. The van der Waals surface area contributed by atoms with E-state index in [-0.39, 0.29) is 5.41 Å². The first-order valence-corrected chi connectivity index (χ1v) is 8.22. The maximum Gasteiger partial charge on any atom is -0.0102 e. The fraction of sp³-hybridized carbons (Fsp3) is 0.524. The molecule has 1 atom stereocenters. The first-order chi connectivity index (χ1) is 9.74. The second-order valence-corrected chi connectivity index (χ2v) is 8.21. The van der Waals surface area contributed by atoms with E-state index in [0.717, 1.165) is 0 Å². The van der Waals surface area contributed by atoms with Crippen molar-refractivity contribution in [1.29, 1.82) is 0 Å². The van der Waals surface area contributed by atoms with E-state index < -0.39 is 0 Å². The third-order valence-electron chi connectivity index (χ3n) is 4.96. The highest BCUT2D eigenvalue weighted by atomic mass is 14.4. The van der Waals surface area contributed by atoms with Gasteiger partial charge >= 0.3 is 0 Å². The summed E-state index contributed by atoms with van der Waals surface area (Å²) in [5.41, 5.74) is 2.17. The van der Waals surface area contributed by atoms with Gasteiger partial charge in [0, 0.05) is 0 Å². The first-order valence-electron chi connectivity index (χ1n) is 8.22. The van der Waals surface area contributed by atoms with Crippen molar-refractivity contribution in [2.24, 2.45) is 10.8 Å². The van der Waals surface area contributed by atoms with Gasteiger partial charge in [0.05, 0.1) is 0 Å². The van der Waals surface area contributed by atoms with Crippen LogP contribution in [0.25, 0.3) is 10.8 Å². The molecule has 0 aliphatic heterocycles. The van der Waals surface area contributed by atoms with Gasteiger partial charge in [-0.05, 0) is 39.5 Å². The highest BCUT2D eigenvalue weighted by Gasteiger charge is 2.32. The van der Waals surface area contributed by atoms with Crippen molar-refractivity contribution in [2.75, 3.05) is 0 Å². The predicted octanol–water partition coefficient (Wildman–Crippen LogP) is 6.80. The van der Waals surface area contributed by atoms with Crippen LogP contribution in [0.1, 0.15) is 65.9 Å². The Kier molecular flexibility index (Phi) is 4.46. The standard InChI is InChI=1S/C21H30/c1-7-21(5,6)15-19(20(2,3)4)18-14-10-12-16-11-8-9-13-17(16)18/h8-14,19H,7,15H2,1-6H3. The molecule has 0 amide bonds. The van der Waals surface area contributed by atoms with Crippen LogP contribution >= 0.6 is 0 Å². The molecule has 0 spiro atoms. The molecule has 2 rings (SSSR count). The Morgan fingerprint density at radius 3 is 2.10 bits per heavy atom. The molecule has 1 unspecified atom stereocenters. The molecule has 0 aliphatic rings. The van der Waals surface area contributed by atoms with Crippen LogP contribution < -0.4 is 0 Å². The minimum absolute atomic E-state index is 0.274. The summed E-state index contributed by atoms with van der Waals surface area (Å²) < 4.78 is 0. The van der Waals surface area contributed by atoms with Crippen molar-refractivity contribution in [1.82, 2.24) is 0 Å². The molecule has 0 bridgehead atoms. The summed E-state index contributed by atoms with van der Waals surface area (Å²) in [6.45, 7) is 14.2. The summed E-state index contributed by atoms with van der Waals surface area (Å²) >= 11 is 0. The van der Waals surface area contributed by atoms with Crippen LogP contribution in [-0.2, 0) is 0 Å². The average Bonchev–Trinajstić information content (AvgIpc) is 2.43. The fourth-order valence-electron chi connectivity index (χ4n) is 3.13. The zero-order chi connectivity index (χ0) is 15.7. The summed E-state index contributed by atoms with van der Waals surface area (Å²) in [6, 6.07) is 15.6. The van der Waals surface area contributed by atoms with Crippen LogP contribution in [0.3, 0.4) is 0 Å². The molecule has 114 valence electrons.